The van der Waals surface area contributed by atoms with Crippen LogP contribution in [0.4, 0.5) is 11.4 Å². The molecule has 1 amide bonds. The van der Waals surface area contributed by atoms with Gasteiger partial charge in [0, 0.05) is 43.6 Å². The van der Waals surface area contributed by atoms with Gasteiger partial charge in [0.25, 0.3) is 5.91 Å². The van der Waals surface area contributed by atoms with Crippen LogP contribution in [0.15, 0.2) is 36.7 Å². The number of hydrogen-bond donors (Lipinski definition) is 3. The summed E-state index contributed by atoms with van der Waals surface area (Å²) in [5.41, 5.74) is 5.11. The number of benzene rings is 1. The zero-order valence-corrected chi connectivity index (χ0v) is 20.8. The van der Waals surface area contributed by atoms with Gasteiger partial charge in [0.15, 0.2) is 5.75 Å². The number of aromatic amines is 1. The molecule has 186 valence electrons. The SMILES string of the molecule is COCCC1CNC(=O)c2c1[nH]c(-c1ccnc3cnc(OC)nc13)c2Nc1cccc(Cl)c1OC. The molecule has 0 aliphatic carbocycles. The fourth-order valence-electron chi connectivity index (χ4n) is 4.47. The quantitative estimate of drug-likeness (QED) is 0.322. The summed E-state index contributed by atoms with van der Waals surface area (Å²) in [5, 5.41) is 6.87. The Bertz CT molecular complexity index is 1440. The number of nitrogens with one attached hydrogen (secondary N) is 3. The first-order valence-corrected chi connectivity index (χ1v) is 11.7. The normalized spacial score (nSPS) is 14.9. The minimum atomic E-state index is -0.185. The monoisotopic (exact) mass is 508 g/mol. The van der Waals surface area contributed by atoms with E-state index in [1.54, 1.807) is 32.7 Å². The number of ether oxygens (including phenoxy) is 3. The summed E-state index contributed by atoms with van der Waals surface area (Å²) in [7, 11) is 4.72. The molecule has 0 fully saturated rings. The smallest absolute Gasteiger partial charge is 0.316 e. The lowest BCUT2D eigenvalue weighted by Crippen LogP contribution is -2.35. The predicted molar refractivity (Wildman–Crippen MR) is 137 cm³/mol. The number of anilines is 2. The van der Waals surface area contributed by atoms with Crippen LogP contribution in [0.25, 0.3) is 22.3 Å². The molecule has 1 aromatic carbocycles. The van der Waals surface area contributed by atoms with E-state index in [2.05, 4.69) is 30.6 Å². The number of methoxy groups -OCH3 is 3. The standard InChI is InChI=1S/C25H25ClN6O4/c1-34-10-8-13-11-28-24(33)18-19(13)31-21(22(18)30-16-6-4-5-15(26)23(16)35-2)14-7-9-27-17-12-29-25(36-3)32-20(14)17/h4-7,9,12-13,30-31H,8,10-11H2,1-3H3,(H,28,33). The second-order valence-electron chi connectivity index (χ2n) is 8.25. The topological polar surface area (TPSA) is 123 Å². The summed E-state index contributed by atoms with van der Waals surface area (Å²) in [6.07, 6.45) is 4.02. The van der Waals surface area contributed by atoms with E-state index in [1.807, 2.05) is 18.2 Å². The van der Waals surface area contributed by atoms with Crippen molar-refractivity contribution in [1.29, 1.82) is 0 Å². The highest BCUT2D eigenvalue weighted by Crippen LogP contribution is 2.44. The van der Waals surface area contributed by atoms with Crippen LogP contribution >= 0.6 is 11.6 Å². The van der Waals surface area contributed by atoms with Gasteiger partial charge in [-0.25, -0.2) is 4.98 Å². The molecular formula is C25H25ClN6O4. The third-order valence-electron chi connectivity index (χ3n) is 6.18. The average Bonchev–Trinajstić information content (AvgIpc) is 3.27. The summed E-state index contributed by atoms with van der Waals surface area (Å²) in [6, 6.07) is 7.45. The van der Waals surface area contributed by atoms with Crippen molar-refractivity contribution in [3.05, 3.63) is 52.9 Å². The number of aromatic nitrogens is 4. The van der Waals surface area contributed by atoms with E-state index in [9.17, 15) is 4.79 Å². The summed E-state index contributed by atoms with van der Waals surface area (Å²) in [6.45, 7) is 1.06. The molecule has 1 aliphatic heterocycles. The maximum absolute atomic E-state index is 13.2. The number of hydrogen-bond acceptors (Lipinski definition) is 8. The van der Waals surface area contributed by atoms with Crippen LogP contribution in [0, 0.1) is 0 Å². The van der Waals surface area contributed by atoms with Crippen molar-refractivity contribution in [3.8, 4) is 23.0 Å². The number of fused-ring (bicyclic) bond motifs is 2. The lowest BCUT2D eigenvalue weighted by molar-refractivity contribution is 0.0935. The van der Waals surface area contributed by atoms with Gasteiger partial charge >= 0.3 is 6.01 Å². The highest BCUT2D eigenvalue weighted by Gasteiger charge is 2.33. The molecular weight excluding hydrogens is 484 g/mol. The van der Waals surface area contributed by atoms with Crippen molar-refractivity contribution in [2.75, 3.05) is 39.8 Å². The third-order valence-corrected chi connectivity index (χ3v) is 6.48. The van der Waals surface area contributed by atoms with Crippen LogP contribution in [0.5, 0.6) is 11.8 Å². The summed E-state index contributed by atoms with van der Waals surface area (Å²) < 4.78 is 16.1. The Kier molecular flexibility index (Phi) is 6.62. The van der Waals surface area contributed by atoms with Crippen molar-refractivity contribution in [1.82, 2.24) is 25.3 Å². The predicted octanol–water partition coefficient (Wildman–Crippen LogP) is 4.30. The number of carbonyl (C=O) groups excluding carboxylic acids is 1. The van der Waals surface area contributed by atoms with Gasteiger partial charge in [-0.15, -0.1) is 0 Å². The molecule has 4 heterocycles. The summed E-state index contributed by atoms with van der Waals surface area (Å²) in [4.78, 5) is 29.9. The van der Waals surface area contributed by atoms with Crippen molar-refractivity contribution >= 4 is 39.9 Å². The molecule has 0 radical (unpaired) electrons. The van der Waals surface area contributed by atoms with E-state index in [0.29, 0.717) is 57.6 Å². The zero-order valence-electron chi connectivity index (χ0n) is 20.0. The minimum absolute atomic E-state index is 0.0328. The van der Waals surface area contributed by atoms with Crippen molar-refractivity contribution in [3.63, 3.8) is 0 Å². The Hall–Kier alpha value is -3.89. The van der Waals surface area contributed by atoms with Crippen molar-refractivity contribution < 1.29 is 19.0 Å². The van der Waals surface area contributed by atoms with Crippen LogP contribution in [0.1, 0.15) is 28.4 Å². The lowest BCUT2D eigenvalue weighted by Gasteiger charge is -2.23. The molecule has 1 atom stereocenters. The van der Waals surface area contributed by atoms with Gasteiger partial charge in [0.2, 0.25) is 0 Å². The Balaban J connectivity index is 1.76. The first-order valence-electron chi connectivity index (χ1n) is 11.3. The first kappa shape index (κ1) is 23.8. The van der Waals surface area contributed by atoms with Crippen molar-refractivity contribution in [2.24, 2.45) is 0 Å². The maximum Gasteiger partial charge on any atom is 0.316 e. The number of rotatable bonds is 8. The lowest BCUT2D eigenvalue weighted by atomic mass is 9.93. The Morgan fingerprint density at radius 3 is 2.81 bits per heavy atom. The zero-order chi connectivity index (χ0) is 25.2. The highest BCUT2D eigenvalue weighted by molar-refractivity contribution is 6.32. The Morgan fingerprint density at radius 2 is 2.03 bits per heavy atom. The van der Waals surface area contributed by atoms with Crippen LogP contribution < -0.4 is 20.1 Å². The summed E-state index contributed by atoms with van der Waals surface area (Å²) in [5.74, 6) is 0.316. The molecule has 1 unspecified atom stereocenters. The van der Waals surface area contributed by atoms with Gasteiger partial charge in [-0.05, 0) is 24.6 Å². The van der Waals surface area contributed by atoms with Gasteiger partial charge < -0.3 is 29.8 Å². The van der Waals surface area contributed by atoms with E-state index in [4.69, 9.17) is 25.8 Å². The van der Waals surface area contributed by atoms with Crippen LogP contribution in [-0.2, 0) is 4.74 Å². The molecule has 3 aromatic heterocycles. The molecule has 0 saturated carbocycles. The fraction of sp³-hybridized carbons (Fsp3) is 0.280. The molecule has 3 N–H and O–H groups in total. The molecule has 1 aliphatic rings. The average molecular weight is 509 g/mol. The van der Waals surface area contributed by atoms with E-state index in [-0.39, 0.29) is 17.8 Å². The third kappa shape index (κ3) is 4.18. The molecule has 0 saturated heterocycles. The molecule has 36 heavy (non-hydrogen) atoms. The highest BCUT2D eigenvalue weighted by atomic mass is 35.5. The van der Waals surface area contributed by atoms with Gasteiger partial charge in [0.1, 0.15) is 11.0 Å². The Labute approximate surface area is 212 Å². The molecule has 5 rings (SSSR count). The van der Waals surface area contributed by atoms with Crippen molar-refractivity contribution in [2.45, 2.75) is 12.3 Å². The van der Waals surface area contributed by atoms with Gasteiger partial charge in [0.05, 0.1) is 48.1 Å². The Morgan fingerprint density at radius 1 is 1.17 bits per heavy atom. The fourth-order valence-corrected chi connectivity index (χ4v) is 4.73. The molecule has 0 spiro atoms. The summed E-state index contributed by atoms with van der Waals surface area (Å²) >= 11 is 6.39. The minimum Gasteiger partial charge on any atom is -0.493 e. The largest absolute Gasteiger partial charge is 0.493 e. The second-order valence-corrected chi connectivity index (χ2v) is 8.65. The van der Waals surface area contributed by atoms with E-state index < -0.39 is 0 Å². The number of nitrogens with zero attached hydrogens (tertiary/aromatic N) is 3. The number of amides is 1. The van der Waals surface area contributed by atoms with E-state index in [0.717, 1.165) is 17.7 Å². The second kappa shape index (κ2) is 10.00. The van der Waals surface area contributed by atoms with Gasteiger partial charge in [-0.3, -0.25) is 9.78 Å². The van der Waals surface area contributed by atoms with Gasteiger partial charge in [-0.2, -0.15) is 4.98 Å². The van der Waals surface area contributed by atoms with E-state index >= 15 is 0 Å². The number of pyridine rings is 1. The number of H-pyrrole nitrogens is 1. The van der Waals surface area contributed by atoms with Crippen LogP contribution in [0.2, 0.25) is 5.02 Å². The van der Waals surface area contributed by atoms with Crippen LogP contribution in [-0.4, -0.2) is 60.3 Å². The maximum atomic E-state index is 13.2. The number of para-hydroxylation sites is 1. The van der Waals surface area contributed by atoms with Gasteiger partial charge in [-0.1, -0.05) is 17.7 Å². The number of carbonyl (C=O) groups is 1. The first-order chi connectivity index (χ1) is 17.5. The molecule has 0 bridgehead atoms. The molecule has 10 nitrogen and oxygen atoms in total. The molecule has 11 heteroatoms. The van der Waals surface area contributed by atoms with E-state index in [1.165, 1.54) is 7.11 Å². The molecule has 4 aromatic rings. The van der Waals surface area contributed by atoms with Crippen LogP contribution in [0.3, 0.4) is 0 Å². The number of halogens is 1.